The largest absolute Gasteiger partial charge is 0.493 e. The second kappa shape index (κ2) is 7.37. The molecular formula is C18H19NO2. The second-order valence-electron chi connectivity index (χ2n) is 4.61. The number of methoxy groups -OCH3 is 1. The number of rotatable bonds is 4. The van der Waals surface area contributed by atoms with Crippen LogP contribution in [0, 0.1) is 18.8 Å². The van der Waals surface area contributed by atoms with E-state index in [9.17, 15) is 0 Å². The first-order valence-corrected chi connectivity index (χ1v) is 6.79. The lowest BCUT2D eigenvalue weighted by Gasteiger charge is -2.12. The normalized spacial score (nSPS) is 9.67. The average Bonchev–Trinajstić information content (AvgIpc) is 2.52. The highest BCUT2D eigenvalue weighted by Crippen LogP contribution is 2.28. The Morgan fingerprint density at radius 2 is 1.90 bits per heavy atom. The molecule has 0 aliphatic heterocycles. The zero-order chi connectivity index (χ0) is 15.1. The monoisotopic (exact) mass is 281 g/mol. The summed E-state index contributed by atoms with van der Waals surface area (Å²) in [5, 5.41) is 0. The molecule has 0 aliphatic rings. The fourth-order valence-electron chi connectivity index (χ4n) is 1.96. The Hall–Kier alpha value is -2.44. The lowest BCUT2D eigenvalue weighted by molar-refractivity contribution is 0.284. The smallest absolute Gasteiger partial charge is 0.161 e. The van der Waals surface area contributed by atoms with Crippen molar-refractivity contribution in [2.75, 3.05) is 13.7 Å². The highest BCUT2D eigenvalue weighted by atomic mass is 16.5. The van der Waals surface area contributed by atoms with Crippen LogP contribution in [0.15, 0.2) is 42.5 Å². The van der Waals surface area contributed by atoms with Gasteiger partial charge in [0.15, 0.2) is 11.5 Å². The zero-order valence-corrected chi connectivity index (χ0v) is 12.3. The summed E-state index contributed by atoms with van der Waals surface area (Å²) in [7, 11) is 1.64. The first-order valence-electron chi connectivity index (χ1n) is 6.79. The molecule has 0 aliphatic carbocycles. The van der Waals surface area contributed by atoms with Gasteiger partial charge in [0.2, 0.25) is 0 Å². The Bertz CT molecular complexity index is 668. The van der Waals surface area contributed by atoms with Crippen LogP contribution in [-0.4, -0.2) is 13.7 Å². The molecule has 0 aromatic heterocycles. The molecule has 0 radical (unpaired) electrons. The van der Waals surface area contributed by atoms with Crippen LogP contribution in [-0.2, 0) is 6.61 Å². The minimum Gasteiger partial charge on any atom is -0.493 e. The van der Waals surface area contributed by atoms with Gasteiger partial charge in [0, 0.05) is 11.1 Å². The van der Waals surface area contributed by atoms with Crippen molar-refractivity contribution in [3.05, 3.63) is 59.2 Å². The van der Waals surface area contributed by atoms with Crippen LogP contribution in [0.5, 0.6) is 11.5 Å². The molecule has 0 heterocycles. The zero-order valence-electron chi connectivity index (χ0n) is 12.3. The van der Waals surface area contributed by atoms with Crippen LogP contribution in [0.3, 0.4) is 0 Å². The van der Waals surface area contributed by atoms with Gasteiger partial charge in [-0.3, -0.25) is 0 Å². The molecule has 0 atom stereocenters. The van der Waals surface area contributed by atoms with Crippen LogP contribution in [0.25, 0.3) is 0 Å². The Balaban J connectivity index is 2.17. The molecule has 0 saturated carbocycles. The fraction of sp³-hybridized carbons (Fsp3) is 0.222. The third kappa shape index (κ3) is 4.01. The number of aryl methyl sites for hydroxylation is 1. The topological polar surface area (TPSA) is 44.5 Å². The Morgan fingerprint density at radius 3 is 2.67 bits per heavy atom. The first kappa shape index (κ1) is 15.0. The molecule has 0 bridgehead atoms. The molecule has 0 unspecified atom stereocenters. The third-order valence-corrected chi connectivity index (χ3v) is 3.04. The minimum atomic E-state index is 0.348. The standard InChI is InChI=1S/C18H19NO2/c1-14-9-10-17(18(12-14)20-2)21-13-16-7-4-3-6-15(16)8-5-11-19/h3-4,6-7,9-10,12H,11,13,19H2,1-2H3. The molecular weight excluding hydrogens is 262 g/mol. The molecule has 108 valence electrons. The molecule has 0 fully saturated rings. The Morgan fingerprint density at radius 1 is 1.10 bits per heavy atom. The fourth-order valence-corrected chi connectivity index (χ4v) is 1.96. The molecule has 3 nitrogen and oxygen atoms in total. The number of benzene rings is 2. The van der Waals surface area contributed by atoms with Crippen LogP contribution < -0.4 is 15.2 Å². The van der Waals surface area contributed by atoms with E-state index in [1.807, 2.05) is 49.4 Å². The highest BCUT2D eigenvalue weighted by molar-refractivity contribution is 5.44. The Labute approximate surface area is 125 Å². The molecule has 0 amide bonds. The predicted molar refractivity (Wildman–Crippen MR) is 84.4 cm³/mol. The van der Waals surface area contributed by atoms with Crippen molar-refractivity contribution < 1.29 is 9.47 Å². The summed E-state index contributed by atoms with van der Waals surface area (Å²) >= 11 is 0. The average molecular weight is 281 g/mol. The Kier molecular flexibility index (Phi) is 5.25. The summed E-state index contributed by atoms with van der Waals surface area (Å²) in [4.78, 5) is 0. The molecule has 21 heavy (non-hydrogen) atoms. The maximum absolute atomic E-state index is 5.87. The van der Waals surface area contributed by atoms with Crippen molar-refractivity contribution in [2.24, 2.45) is 5.73 Å². The second-order valence-corrected chi connectivity index (χ2v) is 4.61. The summed E-state index contributed by atoms with van der Waals surface area (Å²) in [6.45, 7) is 2.81. The molecule has 2 aromatic carbocycles. The van der Waals surface area contributed by atoms with Crippen LogP contribution in [0.4, 0.5) is 0 Å². The van der Waals surface area contributed by atoms with Gasteiger partial charge in [-0.1, -0.05) is 36.1 Å². The van der Waals surface area contributed by atoms with Crippen molar-refractivity contribution in [1.29, 1.82) is 0 Å². The van der Waals surface area contributed by atoms with Gasteiger partial charge in [-0.05, 0) is 30.7 Å². The highest BCUT2D eigenvalue weighted by Gasteiger charge is 2.06. The van der Waals surface area contributed by atoms with E-state index in [0.29, 0.717) is 13.2 Å². The summed E-state index contributed by atoms with van der Waals surface area (Å²) in [5.41, 5.74) is 8.52. The van der Waals surface area contributed by atoms with E-state index in [4.69, 9.17) is 15.2 Å². The van der Waals surface area contributed by atoms with E-state index < -0.39 is 0 Å². The molecule has 2 N–H and O–H groups in total. The molecule has 3 heteroatoms. The van der Waals surface area contributed by atoms with Crippen molar-refractivity contribution in [3.8, 4) is 23.3 Å². The maximum Gasteiger partial charge on any atom is 0.161 e. The van der Waals surface area contributed by atoms with E-state index in [-0.39, 0.29) is 0 Å². The van der Waals surface area contributed by atoms with Crippen LogP contribution in [0.1, 0.15) is 16.7 Å². The number of ether oxygens (including phenoxy) is 2. The van der Waals surface area contributed by atoms with Gasteiger partial charge in [-0.25, -0.2) is 0 Å². The minimum absolute atomic E-state index is 0.348. The van der Waals surface area contributed by atoms with E-state index >= 15 is 0 Å². The van der Waals surface area contributed by atoms with Crippen molar-refractivity contribution >= 4 is 0 Å². The van der Waals surface area contributed by atoms with Crippen molar-refractivity contribution in [1.82, 2.24) is 0 Å². The van der Waals surface area contributed by atoms with Gasteiger partial charge in [0.1, 0.15) is 6.61 Å². The van der Waals surface area contributed by atoms with Gasteiger partial charge < -0.3 is 15.2 Å². The first-order chi connectivity index (χ1) is 10.2. The molecule has 0 spiro atoms. The number of hydrogen-bond acceptors (Lipinski definition) is 3. The van der Waals surface area contributed by atoms with Gasteiger partial charge in [0.05, 0.1) is 13.7 Å². The van der Waals surface area contributed by atoms with E-state index in [1.165, 1.54) is 0 Å². The summed E-state index contributed by atoms with van der Waals surface area (Å²) in [6, 6.07) is 13.8. The van der Waals surface area contributed by atoms with Crippen LogP contribution >= 0.6 is 0 Å². The molecule has 2 rings (SSSR count). The summed E-state index contributed by atoms with van der Waals surface area (Å²) in [6.07, 6.45) is 0. The molecule has 2 aromatic rings. The van der Waals surface area contributed by atoms with Crippen LogP contribution in [0.2, 0.25) is 0 Å². The third-order valence-electron chi connectivity index (χ3n) is 3.04. The number of hydrogen-bond donors (Lipinski definition) is 1. The van der Waals surface area contributed by atoms with E-state index in [2.05, 4.69) is 11.8 Å². The molecule has 0 saturated heterocycles. The van der Waals surface area contributed by atoms with E-state index in [0.717, 1.165) is 28.2 Å². The summed E-state index contributed by atoms with van der Waals surface area (Å²) < 4.78 is 11.2. The number of nitrogens with two attached hydrogens (primary N) is 1. The van der Waals surface area contributed by atoms with Gasteiger partial charge >= 0.3 is 0 Å². The van der Waals surface area contributed by atoms with Crippen molar-refractivity contribution in [2.45, 2.75) is 13.5 Å². The van der Waals surface area contributed by atoms with Gasteiger partial charge in [0.25, 0.3) is 0 Å². The SMILES string of the molecule is COc1cc(C)ccc1OCc1ccccc1C#CCN. The lowest BCUT2D eigenvalue weighted by Crippen LogP contribution is -2.00. The summed E-state index contributed by atoms with van der Waals surface area (Å²) in [5.74, 6) is 7.39. The predicted octanol–water partition coefficient (Wildman–Crippen LogP) is 2.89. The maximum atomic E-state index is 5.87. The van der Waals surface area contributed by atoms with Gasteiger partial charge in [-0.15, -0.1) is 0 Å². The lowest BCUT2D eigenvalue weighted by atomic mass is 10.1. The van der Waals surface area contributed by atoms with Crippen molar-refractivity contribution in [3.63, 3.8) is 0 Å². The quantitative estimate of drug-likeness (QED) is 0.876. The van der Waals surface area contributed by atoms with Gasteiger partial charge in [-0.2, -0.15) is 0 Å². The van der Waals surface area contributed by atoms with E-state index in [1.54, 1.807) is 7.11 Å².